The van der Waals surface area contributed by atoms with Crippen LogP contribution in [0, 0.1) is 0 Å². The topological polar surface area (TPSA) is 29.5 Å². The van der Waals surface area contributed by atoms with Gasteiger partial charge in [-0.3, -0.25) is 4.79 Å². The zero-order chi connectivity index (χ0) is 17.6. The van der Waals surface area contributed by atoms with Crippen LogP contribution in [0.1, 0.15) is 18.9 Å². The van der Waals surface area contributed by atoms with Gasteiger partial charge in [-0.25, -0.2) is 0 Å². The molecular formula is C20H23NO2S2. The van der Waals surface area contributed by atoms with Crippen molar-refractivity contribution < 1.29 is 9.53 Å². The van der Waals surface area contributed by atoms with E-state index in [0.29, 0.717) is 11.0 Å². The molecule has 2 aromatic rings. The molecule has 0 radical (unpaired) electrons. The van der Waals surface area contributed by atoms with Crippen molar-refractivity contribution >= 4 is 35.1 Å². The second-order valence-corrected chi connectivity index (χ2v) is 8.54. The van der Waals surface area contributed by atoms with Gasteiger partial charge in [-0.05, 0) is 36.2 Å². The number of fused-ring (bicyclic) bond motifs is 1. The Morgan fingerprint density at radius 3 is 2.96 bits per heavy atom. The second kappa shape index (κ2) is 8.68. The van der Waals surface area contributed by atoms with Crippen molar-refractivity contribution in [1.82, 2.24) is 0 Å². The number of benzene rings is 2. The van der Waals surface area contributed by atoms with E-state index < -0.39 is 0 Å². The minimum absolute atomic E-state index is 0.190. The molecule has 132 valence electrons. The van der Waals surface area contributed by atoms with Crippen LogP contribution in [0.5, 0.6) is 5.75 Å². The van der Waals surface area contributed by atoms with Crippen molar-refractivity contribution in [2.75, 3.05) is 24.3 Å². The summed E-state index contributed by atoms with van der Waals surface area (Å²) in [4.78, 5) is 16.0. The van der Waals surface area contributed by atoms with Crippen LogP contribution in [-0.4, -0.2) is 30.6 Å². The summed E-state index contributed by atoms with van der Waals surface area (Å²) < 4.78 is 5.25. The second-order valence-electron chi connectivity index (χ2n) is 6.07. The van der Waals surface area contributed by atoms with E-state index in [0.717, 1.165) is 30.2 Å². The van der Waals surface area contributed by atoms with E-state index in [1.807, 2.05) is 47.0 Å². The summed E-state index contributed by atoms with van der Waals surface area (Å²) in [7, 11) is 1.67. The van der Waals surface area contributed by atoms with E-state index in [2.05, 4.69) is 25.1 Å². The molecule has 1 unspecified atom stereocenters. The molecule has 25 heavy (non-hydrogen) atoms. The van der Waals surface area contributed by atoms with Gasteiger partial charge in [-0.1, -0.05) is 31.2 Å². The number of rotatable bonds is 5. The van der Waals surface area contributed by atoms with Gasteiger partial charge in [-0.2, -0.15) is 0 Å². The zero-order valence-electron chi connectivity index (χ0n) is 14.6. The van der Waals surface area contributed by atoms with Crippen LogP contribution in [0.4, 0.5) is 5.69 Å². The summed E-state index contributed by atoms with van der Waals surface area (Å²) in [6.07, 6.45) is 1.02. The van der Waals surface area contributed by atoms with Crippen molar-refractivity contribution in [3.8, 4) is 5.75 Å². The molecule has 5 heteroatoms. The highest BCUT2D eigenvalue weighted by molar-refractivity contribution is 8.00. The van der Waals surface area contributed by atoms with Gasteiger partial charge >= 0.3 is 0 Å². The molecule has 2 aromatic carbocycles. The molecule has 0 saturated carbocycles. The molecule has 0 aliphatic carbocycles. The molecule has 0 saturated heterocycles. The molecule has 1 amide bonds. The number of nitrogens with zero attached hydrogens (tertiary/aromatic N) is 1. The molecule has 3 rings (SSSR count). The Bertz CT molecular complexity index is 735. The van der Waals surface area contributed by atoms with Gasteiger partial charge in [0.05, 0.1) is 18.6 Å². The van der Waals surface area contributed by atoms with Crippen LogP contribution in [0.15, 0.2) is 53.4 Å². The number of carbonyl (C=O) groups is 1. The maximum atomic E-state index is 12.8. The number of methoxy groups -OCH3 is 1. The molecule has 0 fully saturated rings. The maximum absolute atomic E-state index is 12.8. The fourth-order valence-corrected chi connectivity index (χ4v) is 4.80. The van der Waals surface area contributed by atoms with Crippen LogP contribution in [0.25, 0.3) is 0 Å². The lowest BCUT2D eigenvalue weighted by Gasteiger charge is -2.22. The van der Waals surface area contributed by atoms with Crippen molar-refractivity contribution in [1.29, 1.82) is 0 Å². The van der Waals surface area contributed by atoms with E-state index in [9.17, 15) is 4.79 Å². The van der Waals surface area contributed by atoms with Crippen LogP contribution in [0.3, 0.4) is 0 Å². The lowest BCUT2D eigenvalue weighted by Crippen LogP contribution is -2.33. The van der Waals surface area contributed by atoms with Gasteiger partial charge in [0.2, 0.25) is 5.91 Å². The Balaban J connectivity index is 1.63. The molecule has 3 nitrogen and oxygen atoms in total. The van der Waals surface area contributed by atoms with Gasteiger partial charge in [0.15, 0.2) is 0 Å². The molecule has 1 atom stereocenters. The summed E-state index contributed by atoms with van der Waals surface area (Å²) in [6, 6.07) is 16.3. The van der Waals surface area contributed by atoms with E-state index >= 15 is 0 Å². The molecule has 0 N–H and O–H groups in total. The predicted molar refractivity (Wildman–Crippen MR) is 108 cm³/mol. The van der Waals surface area contributed by atoms with E-state index in [-0.39, 0.29) is 5.91 Å². The number of para-hydroxylation sites is 1. The normalized spacial score (nSPS) is 16.9. The first-order valence-corrected chi connectivity index (χ1v) is 10.5. The Labute approximate surface area is 158 Å². The highest BCUT2D eigenvalue weighted by atomic mass is 32.2. The molecule has 1 heterocycles. The fraction of sp³-hybridized carbons (Fsp3) is 0.350. The van der Waals surface area contributed by atoms with Gasteiger partial charge in [-0.15, -0.1) is 23.5 Å². The first-order chi connectivity index (χ1) is 12.2. The average Bonchev–Trinajstić information content (AvgIpc) is 2.80. The largest absolute Gasteiger partial charge is 0.497 e. The lowest BCUT2D eigenvalue weighted by molar-refractivity contribution is -0.116. The summed E-state index contributed by atoms with van der Waals surface area (Å²) in [5.74, 6) is 2.35. The van der Waals surface area contributed by atoms with Crippen molar-refractivity contribution in [3.05, 3.63) is 54.1 Å². The third-order valence-corrected chi connectivity index (χ3v) is 6.40. The summed E-state index contributed by atoms with van der Waals surface area (Å²) in [5, 5.41) is 0.531. The van der Waals surface area contributed by atoms with E-state index in [1.165, 1.54) is 10.5 Å². The highest BCUT2D eigenvalue weighted by Crippen LogP contribution is 2.37. The molecule has 0 spiro atoms. The van der Waals surface area contributed by atoms with Gasteiger partial charge in [0, 0.05) is 22.4 Å². The van der Waals surface area contributed by atoms with Crippen molar-refractivity contribution in [2.45, 2.75) is 29.2 Å². The zero-order valence-corrected chi connectivity index (χ0v) is 16.2. The Morgan fingerprint density at radius 2 is 2.12 bits per heavy atom. The minimum atomic E-state index is 0.190. The monoisotopic (exact) mass is 373 g/mol. The maximum Gasteiger partial charge on any atom is 0.237 e. The molecule has 0 aromatic heterocycles. The van der Waals surface area contributed by atoms with Gasteiger partial charge in [0.25, 0.3) is 0 Å². The van der Waals surface area contributed by atoms with Gasteiger partial charge in [0.1, 0.15) is 5.75 Å². The summed E-state index contributed by atoms with van der Waals surface area (Å²) in [6.45, 7) is 3.02. The first kappa shape index (κ1) is 18.2. The number of thioether (sulfide) groups is 2. The third kappa shape index (κ3) is 4.73. The predicted octanol–water partition coefficient (Wildman–Crippen LogP) is 4.85. The van der Waals surface area contributed by atoms with E-state index in [1.54, 1.807) is 18.9 Å². The first-order valence-electron chi connectivity index (χ1n) is 8.44. The van der Waals surface area contributed by atoms with Crippen molar-refractivity contribution in [2.24, 2.45) is 0 Å². The quantitative estimate of drug-likeness (QED) is 0.750. The van der Waals surface area contributed by atoms with Crippen LogP contribution in [0.2, 0.25) is 0 Å². The number of hydrogen-bond donors (Lipinski definition) is 0. The molecule has 1 aliphatic heterocycles. The SMILES string of the molecule is COc1cccc(CSCC(=O)N2CCC(C)Sc3ccccc32)c1. The summed E-state index contributed by atoms with van der Waals surface area (Å²) >= 11 is 3.52. The van der Waals surface area contributed by atoms with Crippen LogP contribution < -0.4 is 9.64 Å². The number of carbonyl (C=O) groups excluding carboxylic acids is 1. The van der Waals surface area contributed by atoms with Crippen LogP contribution >= 0.6 is 23.5 Å². The average molecular weight is 374 g/mol. The number of amides is 1. The standard InChI is InChI=1S/C20H23NO2S2/c1-15-10-11-21(18-8-3-4-9-19(18)25-15)20(22)14-24-13-16-6-5-7-17(12-16)23-2/h3-9,12,15H,10-11,13-14H2,1-2H3. The summed E-state index contributed by atoms with van der Waals surface area (Å²) in [5.41, 5.74) is 2.24. The smallest absolute Gasteiger partial charge is 0.237 e. The minimum Gasteiger partial charge on any atom is -0.497 e. The number of anilines is 1. The van der Waals surface area contributed by atoms with Crippen LogP contribution in [-0.2, 0) is 10.5 Å². The Kier molecular flexibility index (Phi) is 6.32. The molecule has 0 bridgehead atoms. The molecule has 1 aliphatic rings. The molecular weight excluding hydrogens is 350 g/mol. The lowest BCUT2D eigenvalue weighted by atomic mass is 10.2. The van der Waals surface area contributed by atoms with Crippen molar-refractivity contribution in [3.63, 3.8) is 0 Å². The third-order valence-electron chi connectivity index (χ3n) is 4.17. The Morgan fingerprint density at radius 1 is 1.28 bits per heavy atom. The highest BCUT2D eigenvalue weighted by Gasteiger charge is 2.23. The number of hydrogen-bond acceptors (Lipinski definition) is 4. The van der Waals surface area contributed by atoms with E-state index in [4.69, 9.17) is 4.74 Å². The van der Waals surface area contributed by atoms with Gasteiger partial charge < -0.3 is 9.64 Å². The number of ether oxygens (including phenoxy) is 1. The fourth-order valence-electron chi connectivity index (χ4n) is 2.84. The Hall–Kier alpha value is -1.59.